The molecule has 0 N–H and O–H groups in total. The van der Waals surface area contributed by atoms with E-state index in [-0.39, 0.29) is 0 Å². The fourth-order valence-corrected chi connectivity index (χ4v) is 1.72. The van der Waals surface area contributed by atoms with Crippen LogP contribution in [0.3, 0.4) is 0 Å². The number of rotatable bonds is 3. The molecule has 1 nitrogen and oxygen atoms in total. The van der Waals surface area contributed by atoms with Crippen LogP contribution >= 0.6 is 0 Å². The van der Waals surface area contributed by atoms with Crippen LogP contribution in [0.2, 0.25) is 0 Å². The smallest absolute Gasteiger partial charge is 0.119 e. The molecule has 0 aliphatic heterocycles. The van der Waals surface area contributed by atoms with Crippen LogP contribution in [0.4, 0.5) is 0 Å². The number of benzene rings is 2. The van der Waals surface area contributed by atoms with E-state index in [0.29, 0.717) is 0 Å². The molecule has 0 saturated heterocycles. The molecule has 0 radical (unpaired) electrons. The van der Waals surface area contributed by atoms with Crippen molar-refractivity contribution in [3.63, 3.8) is 0 Å². The van der Waals surface area contributed by atoms with Gasteiger partial charge < -0.3 is 4.74 Å². The Labute approximate surface area is 90.7 Å². The maximum Gasteiger partial charge on any atom is 0.119 e. The Morgan fingerprint density at radius 2 is 2.00 bits per heavy atom. The number of aryl methyl sites for hydroxylation is 1. The molecule has 78 valence electrons. The monoisotopic (exact) mass is 200 g/mol. The van der Waals surface area contributed by atoms with Gasteiger partial charge in [-0.05, 0) is 41.8 Å². The topological polar surface area (TPSA) is 9.23 Å². The molecule has 0 saturated carbocycles. The van der Waals surface area contributed by atoms with Gasteiger partial charge in [-0.3, -0.25) is 0 Å². The third-order valence-electron chi connectivity index (χ3n) is 2.54. The van der Waals surface area contributed by atoms with E-state index in [1.165, 1.54) is 16.3 Å². The SMILES string of the molecule is CCCOc1ccc2cccc(C)c2c1. The molecule has 0 spiro atoms. The maximum atomic E-state index is 5.62. The molecular formula is C14H16O. The number of hydrogen-bond donors (Lipinski definition) is 0. The highest BCUT2D eigenvalue weighted by molar-refractivity contribution is 5.86. The normalized spacial score (nSPS) is 10.5. The van der Waals surface area contributed by atoms with Gasteiger partial charge in [-0.25, -0.2) is 0 Å². The van der Waals surface area contributed by atoms with Gasteiger partial charge >= 0.3 is 0 Å². The van der Waals surface area contributed by atoms with E-state index in [0.717, 1.165) is 18.8 Å². The molecule has 2 rings (SSSR count). The average Bonchev–Trinajstić information content (AvgIpc) is 2.27. The third kappa shape index (κ3) is 2.12. The summed E-state index contributed by atoms with van der Waals surface area (Å²) in [5.74, 6) is 0.971. The van der Waals surface area contributed by atoms with Gasteiger partial charge in [-0.15, -0.1) is 0 Å². The van der Waals surface area contributed by atoms with Crippen molar-refractivity contribution in [1.82, 2.24) is 0 Å². The van der Waals surface area contributed by atoms with Crippen LogP contribution in [-0.2, 0) is 0 Å². The highest BCUT2D eigenvalue weighted by Crippen LogP contribution is 2.23. The molecular weight excluding hydrogens is 184 g/mol. The second-order valence-corrected chi connectivity index (χ2v) is 3.81. The standard InChI is InChI=1S/C14H16O/c1-3-9-15-13-8-7-12-6-4-5-11(2)14(12)10-13/h4-8,10H,3,9H2,1-2H3. The molecule has 0 aliphatic rings. The Bertz CT molecular complexity index is 460. The zero-order valence-corrected chi connectivity index (χ0v) is 9.29. The fourth-order valence-electron chi connectivity index (χ4n) is 1.72. The van der Waals surface area contributed by atoms with E-state index in [2.05, 4.69) is 44.2 Å². The lowest BCUT2D eigenvalue weighted by Crippen LogP contribution is -1.94. The Hall–Kier alpha value is -1.50. The summed E-state index contributed by atoms with van der Waals surface area (Å²) in [5.41, 5.74) is 1.30. The second-order valence-electron chi connectivity index (χ2n) is 3.81. The van der Waals surface area contributed by atoms with Crippen molar-refractivity contribution >= 4 is 10.8 Å². The van der Waals surface area contributed by atoms with E-state index in [9.17, 15) is 0 Å². The summed E-state index contributed by atoms with van der Waals surface area (Å²) in [7, 11) is 0. The number of hydrogen-bond acceptors (Lipinski definition) is 1. The zero-order chi connectivity index (χ0) is 10.7. The maximum absolute atomic E-state index is 5.62. The van der Waals surface area contributed by atoms with Gasteiger partial charge in [0.15, 0.2) is 0 Å². The Balaban J connectivity index is 2.41. The van der Waals surface area contributed by atoms with Crippen molar-refractivity contribution in [2.45, 2.75) is 20.3 Å². The first-order chi connectivity index (χ1) is 7.31. The third-order valence-corrected chi connectivity index (χ3v) is 2.54. The van der Waals surface area contributed by atoms with E-state index < -0.39 is 0 Å². The molecule has 2 aromatic carbocycles. The van der Waals surface area contributed by atoms with Crippen molar-refractivity contribution in [3.05, 3.63) is 42.0 Å². The van der Waals surface area contributed by atoms with Crippen molar-refractivity contribution in [2.24, 2.45) is 0 Å². The van der Waals surface area contributed by atoms with Crippen LogP contribution in [0.25, 0.3) is 10.8 Å². The second kappa shape index (κ2) is 4.35. The zero-order valence-electron chi connectivity index (χ0n) is 9.29. The van der Waals surface area contributed by atoms with Crippen molar-refractivity contribution in [1.29, 1.82) is 0 Å². The lowest BCUT2D eigenvalue weighted by molar-refractivity contribution is 0.318. The molecule has 0 aliphatic carbocycles. The van der Waals surface area contributed by atoms with Gasteiger partial charge in [-0.2, -0.15) is 0 Å². The van der Waals surface area contributed by atoms with Crippen LogP contribution in [0, 0.1) is 6.92 Å². The van der Waals surface area contributed by atoms with Crippen LogP contribution in [0.1, 0.15) is 18.9 Å². The summed E-state index contributed by atoms with van der Waals surface area (Å²) in [6.45, 7) is 5.04. The summed E-state index contributed by atoms with van der Waals surface area (Å²) in [6.07, 6.45) is 1.05. The Kier molecular flexibility index (Phi) is 2.91. The first-order valence-electron chi connectivity index (χ1n) is 5.43. The summed E-state index contributed by atoms with van der Waals surface area (Å²) in [5, 5.41) is 2.56. The molecule has 0 bridgehead atoms. The van der Waals surface area contributed by atoms with Crippen LogP contribution in [0.5, 0.6) is 5.75 Å². The van der Waals surface area contributed by atoms with Gasteiger partial charge in [0.25, 0.3) is 0 Å². The van der Waals surface area contributed by atoms with Gasteiger partial charge in [0.2, 0.25) is 0 Å². The number of ether oxygens (including phenoxy) is 1. The summed E-state index contributed by atoms with van der Waals surface area (Å²) >= 11 is 0. The highest BCUT2D eigenvalue weighted by atomic mass is 16.5. The van der Waals surface area contributed by atoms with Crippen molar-refractivity contribution in [3.8, 4) is 5.75 Å². The van der Waals surface area contributed by atoms with Gasteiger partial charge in [0.1, 0.15) is 5.75 Å². The van der Waals surface area contributed by atoms with E-state index in [4.69, 9.17) is 4.74 Å². The minimum Gasteiger partial charge on any atom is -0.494 e. The first-order valence-corrected chi connectivity index (χ1v) is 5.43. The fraction of sp³-hybridized carbons (Fsp3) is 0.286. The van der Waals surface area contributed by atoms with E-state index in [1.54, 1.807) is 0 Å². The van der Waals surface area contributed by atoms with Gasteiger partial charge in [0.05, 0.1) is 6.61 Å². The lowest BCUT2D eigenvalue weighted by Gasteiger charge is -2.07. The highest BCUT2D eigenvalue weighted by Gasteiger charge is 1.99. The van der Waals surface area contributed by atoms with Gasteiger partial charge in [0, 0.05) is 0 Å². The molecule has 0 amide bonds. The van der Waals surface area contributed by atoms with E-state index >= 15 is 0 Å². The molecule has 1 heteroatoms. The minimum atomic E-state index is 0.789. The molecule has 0 fully saturated rings. The molecule has 0 heterocycles. The molecule has 0 aromatic heterocycles. The summed E-state index contributed by atoms with van der Waals surface area (Å²) < 4.78 is 5.62. The predicted molar refractivity (Wildman–Crippen MR) is 64.5 cm³/mol. The summed E-state index contributed by atoms with van der Waals surface area (Å²) in [4.78, 5) is 0. The van der Waals surface area contributed by atoms with Crippen molar-refractivity contribution < 1.29 is 4.74 Å². The molecule has 2 aromatic rings. The lowest BCUT2D eigenvalue weighted by atomic mass is 10.1. The molecule has 0 atom stereocenters. The van der Waals surface area contributed by atoms with Crippen molar-refractivity contribution in [2.75, 3.05) is 6.61 Å². The Morgan fingerprint density at radius 1 is 1.13 bits per heavy atom. The average molecular weight is 200 g/mol. The molecule has 0 unspecified atom stereocenters. The van der Waals surface area contributed by atoms with E-state index in [1.807, 2.05) is 6.07 Å². The first kappa shape index (κ1) is 10.0. The van der Waals surface area contributed by atoms with Crippen LogP contribution < -0.4 is 4.74 Å². The number of fused-ring (bicyclic) bond motifs is 1. The summed E-state index contributed by atoms with van der Waals surface area (Å²) in [6, 6.07) is 12.6. The quantitative estimate of drug-likeness (QED) is 0.729. The van der Waals surface area contributed by atoms with Crippen LogP contribution in [0.15, 0.2) is 36.4 Å². The Morgan fingerprint density at radius 3 is 2.80 bits per heavy atom. The molecule has 15 heavy (non-hydrogen) atoms. The van der Waals surface area contributed by atoms with Gasteiger partial charge in [-0.1, -0.05) is 31.2 Å². The van der Waals surface area contributed by atoms with Crippen LogP contribution in [-0.4, -0.2) is 6.61 Å². The largest absolute Gasteiger partial charge is 0.494 e. The minimum absolute atomic E-state index is 0.789. The predicted octanol–water partition coefficient (Wildman–Crippen LogP) is 3.94.